The minimum atomic E-state index is -0.252. The molecule has 0 aromatic heterocycles. The molecule has 0 saturated carbocycles. The summed E-state index contributed by atoms with van der Waals surface area (Å²) in [6, 6.07) is 7.84. The van der Waals surface area contributed by atoms with E-state index in [-0.39, 0.29) is 6.00 Å². The SMILES string of the molecule is OC1[B]c2ccccc2C1. The number of fused-ring (bicyclic) bond motifs is 1. The third-order valence-corrected chi connectivity index (χ3v) is 1.86. The van der Waals surface area contributed by atoms with Crippen molar-refractivity contribution in [1.82, 2.24) is 0 Å². The summed E-state index contributed by atoms with van der Waals surface area (Å²) in [5.41, 5.74) is 2.45. The van der Waals surface area contributed by atoms with Crippen LogP contribution in [0.2, 0.25) is 0 Å². The van der Waals surface area contributed by atoms with Gasteiger partial charge in [0.15, 0.2) is 7.28 Å². The van der Waals surface area contributed by atoms with Gasteiger partial charge in [-0.25, -0.2) is 0 Å². The Morgan fingerprint density at radius 3 is 3.00 bits per heavy atom. The molecule has 1 aromatic rings. The molecular formula is C8H8BO. The minimum absolute atomic E-state index is 0.252. The molecule has 1 aromatic carbocycles. The minimum Gasteiger partial charge on any atom is -0.401 e. The summed E-state index contributed by atoms with van der Waals surface area (Å²) < 4.78 is 0. The van der Waals surface area contributed by atoms with Crippen LogP contribution in [0, 0.1) is 0 Å². The van der Waals surface area contributed by atoms with Crippen LogP contribution in [0.4, 0.5) is 0 Å². The van der Waals surface area contributed by atoms with Crippen LogP contribution in [-0.2, 0) is 6.42 Å². The molecule has 1 unspecified atom stereocenters. The maximum absolute atomic E-state index is 9.20. The van der Waals surface area contributed by atoms with Crippen LogP contribution < -0.4 is 5.46 Å². The molecule has 2 rings (SSSR count). The van der Waals surface area contributed by atoms with Gasteiger partial charge in [-0.3, -0.25) is 0 Å². The summed E-state index contributed by atoms with van der Waals surface area (Å²) in [5, 5.41) is 9.20. The van der Waals surface area contributed by atoms with Crippen molar-refractivity contribution in [3.8, 4) is 0 Å². The number of hydrogen-bond acceptors (Lipinski definition) is 1. The van der Waals surface area contributed by atoms with E-state index in [1.807, 2.05) is 25.5 Å². The molecule has 2 heteroatoms. The van der Waals surface area contributed by atoms with Gasteiger partial charge in [0, 0.05) is 6.00 Å². The zero-order valence-corrected chi connectivity index (χ0v) is 5.62. The Hall–Kier alpha value is -0.755. The number of hydrogen-bond donors (Lipinski definition) is 1. The molecule has 1 radical (unpaired) electrons. The molecular weight excluding hydrogens is 123 g/mol. The Bertz CT molecular complexity index is 222. The lowest BCUT2D eigenvalue weighted by atomic mass is 9.70. The highest BCUT2D eigenvalue weighted by molar-refractivity contribution is 6.56. The number of aliphatic hydroxyl groups is 1. The first-order chi connectivity index (χ1) is 4.86. The lowest BCUT2D eigenvalue weighted by Gasteiger charge is -1.94. The second-order valence-corrected chi connectivity index (χ2v) is 2.64. The topological polar surface area (TPSA) is 20.2 Å². The van der Waals surface area contributed by atoms with Gasteiger partial charge in [-0.15, -0.1) is 0 Å². The lowest BCUT2D eigenvalue weighted by Crippen LogP contribution is -2.19. The van der Waals surface area contributed by atoms with Crippen molar-refractivity contribution < 1.29 is 5.11 Å². The average Bonchev–Trinajstić information content (AvgIpc) is 2.27. The van der Waals surface area contributed by atoms with E-state index in [0.717, 1.165) is 6.42 Å². The third-order valence-electron chi connectivity index (χ3n) is 1.86. The summed E-state index contributed by atoms with van der Waals surface area (Å²) in [7, 11) is 1.90. The van der Waals surface area contributed by atoms with Gasteiger partial charge >= 0.3 is 0 Å². The summed E-state index contributed by atoms with van der Waals surface area (Å²) in [5.74, 6) is 0. The van der Waals surface area contributed by atoms with Gasteiger partial charge in [-0.05, 0) is 6.42 Å². The summed E-state index contributed by atoms with van der Waals surface area (Å²) in [6.07, 6.45) is 0.788. The van der Waals surface area contributed by atoms with Gasteiger partial charge in [0.05, 0.1) is 0 Å². The van der Waals surface area contributed by atoms with E-state index >= 15 is 0 Å². The van der Waals surface area contributed by atoms with Crippen LogP contribution in [0.15, 0.2) is 24.3 Å². The molecule has 1 N–H and O–H groups in total. The fourth-order valence-electron chi connectivity index (χ4n) is 1.37. The molecule has 0 amide bonds. The third kappa shape index (κ3) is 0.849. The second-order valence-electron chi connectivity index (χ2n) is 2.64. The van der Waals surface area contributed by atoms with Gasteiger partial charge in [0.25, 0.3) is 0 Å². The number of benzene rings is 1. The average molecular weight is 131 g/mol. The molecule has 1 aliphatic heterocycles. The smallest absolute Gasteiger partial charge is 0.190 e. The lowest BCUT2D eigenvalue weighted by molar-refractivity contribution is 0.258. The zero-order chi connectivity index (χ0) is 6.97. The monoisotopic (exact) mass is 131 g/mol. The predicted molar refractivity (Wildman–Crippen MR) is 41.5 cm³/mol. The second kappa shape index (κ2) is 2.13. The molecule has 0 saturated heterocycles. The molecule has 10 heavy (non-hydrogen) atoms. The zero-order valence-electron chi connectivity index (χ0n) is 5.62. The molecule has 1 atom stereocenters. The van der Waals surface area contributed by atoms with E-state index in [0.29, 0.717) is 0 Å². The van der Waals surface area contributed by atoms with Crippen LogP contribution in [0.1, 0.15) is 5.56 Å². The fraction of sp³-hybridized carbons (Fsp3) is 0.250. The standard InChI is InChI=1S/C8H8BO/c10-8-5-6-3-1-2-4-7(6)9-8/h1-4,8,10H,5H2. The van der Waals surface area contributed by atoms with E-state index in [4.69, 9.17) is 0 Å². The Morgan fingerprint density at radius 2 is 2.20 bits per heavy atom. The van der Waals surface area contributed by atoms with Crippen molar-refractivity contribution in [3.05, 3.63) is 29.8 Å². The first-order valence-electron chi connectivity index (χ1n) is 3.47. The van der Waals surface area contributed by atoms with E-state index in [2.05, 4.69) is 6.07 Å². The first-order valence-corrected chi connectivity index (χ1v) is 3.47. The molecule has 1 nitrogen and oxygen atoms in total. The Morgan fingerprint density at radius 1 is 1.40 bits per heavy atom. The largest absolute Gasteiger partial charge is 0.401 e. The van der Waals surface area contributed by atoms with Gasteiger partial charge in [0.2, 0.25) is 0 Å². The summed E-state index contributed by atoms with van der Waals surface area (Å²) in [4.78, 5) is 0. The molecule has 0 aliphatic carbocycles. The van der Waals surface area contributed by atoms with Crippen molar-refractivity contribution in [2.75, 3.05) is 0 Å². The molecule has 0 spiro atoms. The molecule has 0 bridgehead atoms. The molecule has 49 valence electrons. The first kappa shape index (κ1) is 5.99. The van der Waals surface area contributed by atoms with E-state index in [1.54, 1.807) is 0 Å². The van der Waals surface area contributed by atoms with Crippen molar-refractivity contribution >= 4 is 12.7 Å². The van der Waals surface area contributed by atoms with E-state index < -0.39 is 0 Å². The van der Waals surface area contributed by atoms with Gasteiger partial charge in [-0.2, -0.15) is 0 Å². The van der Waals surface area contributed by atoms with Crippen LogP contribution in [-0.4, -0.2) is 18.4 Å². The Labute approximate surface area is 60.9 Å². The maximum atomic E-state index is 9.20. The van der Waals surface area contributed by atoms with Crippen LogP contribution in [0.3, 0.4) is 0 Å². The fourth-order valence-corrected chi connectivity index (χ4v) is 1.37. The Balaban J connectivity index is 2.42. The van der Waals surface area contributed by atoms with Crippen molar-refractivity contribution in [3.63, 3.8) is 0 Å². The van der Waals surface area contributed by atoms with Crippen LogP contribution in [0.25, 0.3) is 0 Å². The van der Waals surface area contributed by atoms with E-state index in [9.17, 15) is 5.11 Å². The Kier molecular flexibility index (Phi) is 1.28. The summed E-state index contributed by atoms with van der Waals surface area (Å²) in [6.45, 7) is 0. The highest BCUT2D eigenvalue weighted by Crippen LogP contribution is 2.06. The maximum Gasteiger partial charge on any atom is 0.190 e. The summed E-state index contributed by atoms with van der Waals surface area (Å²) >= 11 is 0. The van der Waals surface area contributed by atoms with Gasteiger partial charge in [0.1, 0.15) is 0 Å². The number of aliphatic hydroxyl groups excluding tert-OH is 1. The van der Waals surface area contributed by atoms with E-state index in [1.165, 1.54) is 11.0 Å². The van der Waals surface area contributed by atoms with Gasteiger partial charge in [-0.1, -0.05) is 35.3 Å². The van der Waals surface area contributed by atoms with Crippen molar-refractivity contribution in [2.45, 2.75) is 12.4 Å². The quantitative estimate of drug-likeness (QED) is 0.487. The normalized spacial score (nSPS) is 21.9. The molecule has 1 aliphatic rings. The highest BCUT2D eigenvalue weighted by atomic mass is 16.3. The molecule has 0 fully saturated rings. The molecule has 1 heterocycles. The van der Waals surface area contributed by atoms with Gasteiger partial charge < -0.3 is 5.11 Å². The predicted octanol–water partition coefficient (Wildman–Crippen LogP) is -0.109. The van der Waals surface area contributed by atoms with Crippen LogP contribution in [0.5, 0.6) is 0 Å². The van der Waals surface area contributed by atoms with Crippen molar-refractivity contribution in [2.24, 2.45) is 0 Å². The highest BCUT2D eigenvalue weighted by Gasteiger charge is 2.18. The number of rotatable bonds is 0. The van der Waals surface area contributed by atoms with Crippen molar-refractivity contribution in [1.29, 1.82) is 0 Å². The van der Waals surface area contributed by atoms with Crippen LogP contribution >= 0.6 is 0 Å².